The van der Waals surface area contributed by atoms with Gasteiger partial charge in [-0.05, 0) is 42.3 Å². The molecule has 4 nitrogen and oxygen atoms in total. The Kier molecular flexibility index (Phi) is 4.57. The molecule has 1 amide bonds. The Balaban J connectivity index is 1.85. The van der Waals surface area contributed by atoms with Crippen molar-refractivity contribution in [1.82, 2.24) is 9.88 Å². The van der Waals surface area contributed by atoms with E-state index < -0.39 is 0 Å². The number of amides is 1. The lowest BCUT2D eigenvalue weighted by molar-refractivity contribution is 0.0949. The van der Waals surface area contributed by atoms with Crippen LogP contribution < -0.4 is 10.9 Å². The molecule has 1 N–H and O–H groups in total. The van der Waals surface area contributed by atoms with E-state index in [-0.39, 0.29) is 17.0 Å². The average molecular weight is 318 g/mol. The minimum absolute atomic E-state index is 0.134. The van der Waals surface area contributed by atoms with E-state index in [2.05, 4.69) is 5.32 Å². The Morgan fingerprint density at radius 2 is 1.79 bits per heavy atom. The summed E-state index contributed by atoms with van der Waals surface area (Å²) in [5.74, 6) is -0.370. The highest BCUT2D eigenvalue weighted by molar-refractivity contribution is 5.93. The van der Waals surface area contributed by atoms with Crippen molar-refractivity contribution >= 4 is 5.91 Å². The molecule has 3 rings (SSSR count). The molecule has 3 aromatic rings. The number of nitrogens with one attached hydrogen (secondary N) is 1. The maximum absolute atomic E-state index is 12.6. The summed E-state index contributed by atoms with van der Waals surface area (Å²) in [6.07, 6.45) is 1.67. The van der Waals surface area contributed by atoms with Crippen molar-refractivity contribution in [3.63, 3.8) is 0 Å². The highest BCUT2D eigenvalue weighted by atomic mass is 16.2. The van der Waals surface area contributed by atoms with Crippen LogP contribution in [0, 0.1) is 6.92 Å². The zero-order chi connectivity index (χ0) is 16.9. The van der Waals surface area contributed by atoms with Crippen molar-refractivity contribution < 1.29 is 4.79 Å². The zero-order valence-electron chi connectivity index (χ0n) is 13.4. The van der Waals surface area contributed by atoms with Crippen LogP contribution in [-0.4, -0.2) is 10.5 Å². The number of carbonyl (C=O) groups is 1. The molecule has 1 heterocycles. The van der Waals surface area contributed by atoms with Crippen LogP contribution in [0.2, 0.25) is 0 Å². The van der Waals surface area contributed by atoms with E-state index in [0.717, 1.165) is 16.8 Å². The molecule has 0 aliphatic carbocycles. The van der Waals surface area contributed by atoms with Gasteiger partial charge in [0.05, 0.1) is 0 Å². The average Bonchev–Trinajstić information content (AvgIpc) is 2.61. The summed E-state index contributed by atoms with van der Waals surface area (Å²) in [5, 5.41) is 2.79. The standard InChI is InChI=1S/C20H18N2O2/c1-15-7-5-10-17(13-15)22-12-6-11-18(20(22)24)19(23)21-14-16-8-3-2-4-9-16/h2-13H,14H2,1H3,(H,21,23). The normalized spacial score (nSPS) is 10.4. The summed E-state index contributed by atoms with van der Waals surface area (Å²) in [4.78, 5) is 25.0. The molecule has 0 saturated heterocycles. The number of hydrogen-bond acceptors (Lipinski definition) is 2. The largest absolute Gasteiger partial charge is 0.348 e. The summed E-state index contributed by atoms with van der Waals surface area (Å²) in [5.41, 5.74) is 2.60. The summed E-state index contributed by atoms with van der Waals surface area (Å²) in [6.45, 7) is 2.35. The van der Waals surface area contributed by atoms with Crippen LogP contribution in [0.1, 0.15) is 21.5 Å². The van der Waals surface area contributed by atoms with Gasteiger partial charge < -0.3 is 5.32 Å². The number of carbonyl (C=O) groups excluding carboxylic acids is 1. The molecule has 24 heavy (non-hydrogen) atoms. The number of benzene rings is 2. The quantitative estimate of drug-likeness (QED) is 0.804. The van der Waals surface area contributed by atoms with Gasteiger partial charge in [0.25, 0.3) is 11.5 Å². The van der Waals surface area contributed by atoms with Crippen molar-refractivity contribution in [2.45, 2.75) is 13.5 Å². The van der Waals surface area contributed by atoms with E-state index in [0.29, 0.717) is 6.54 Å². The molecule has 0 bridgehead atoms. The van der Waals surface area contributed by atoms with Gasteiger partial charge in [-0.25, -0.2) is 0 Å². The molecule has 0 atom stereocenters. The van der Waals surface area contributed by atoms with Crippen LogP contribution >= 0.6 is 0 Å². The molecule has 0 saturated carbocycles. The van der Waals surface area contributed by atoms with Crippen molar-refractivity contribution in [1.29, 1.82) is 0 Å². The molecule has 1 aromatic heterocycles. The molecular formula is C20H18N2O2. The van der Waals surface area contributed by atoms with Gasteiger partial charge in [-0.15, -0.1) is 0 Å². The van der Waals surface area contributed by atoms with Crippen LogP contribution in [-0.2, 0) is 6.54 Å². The number of nitrogens with zero attached hydrogens (tertiary/aromatic N) is 1. The van der Waals surface area contributed by atoms with Crippen LogP contribution in [0.25, 0.3) is 5.69 Å². The van der Waals surface area contributed by atoms with Crippen LogP contribution in [0.3, 0.4) is 0 Å². The van der Waals surface area contributed by atoms with Gasteiger partial charge in [-0.3, -0.25) is 14.2 Å². The van der Waals surface area contributed by atoms with E-state index in [1.807, 2.05) is 61.5 Å². The van der Waals surface area contributed by atoms with Crippen molar-refractivity contribution in [3.8, 4) is 5.69 Å². The number of aromatic nitrogens is 1. The molecule has 0 radical (unpaired) electrons. The minimum atomic E-state index is -0.370. The first kappa shape index (κ1) is 15.7. The molecule has 2 aromatic carbocycles. The summed E-state index contributed by atoms with van der Waals surface area (Å²) in [7, 11) is 0. The molecule has 4 heteroatoms. The number of hydrogen-bond donors (Lipinski definition) is 1. The predicted octanol–water partition coefficient (Wildman–Crippen LogP) is 3.08. The second-order valence-corrected chi connectivity index (χ2v) is 5.60. The SMILES string of the molecule is Cc1cccc(-n2cccc(C(=O)NCc3ccccc3)c2=O)c1. The van der Waals surface area contributed by atoms with E-state index >= 15 is 0 Å². The maximum atomic E-state index is 12.6. The topological polar surface area (TPSA) is 51.1 Å². The third-order valence-corrected chi connectivity index (χ3v) is 3.77. The summed E-state index contributed by atoms with van der Waals surface area (Å²) in [6, 6.07) is 20.5. The fourth-order valence-electron chi connectivity index (χ4n) is 2.52. The van der Waals surface area contributed by atoms with Gasteiger partial charge in [-0.1, -0.05) is 42.5 Å². The molecule has 0 aliphatic heterocycles. The van der Waals surface area contributed by atoms with Gasteiger partial charge >= 0.3 is 0 Å². The van der Waals surface area contributed by atoms with Gasteiger partial charge in [-0.2, -0.15) is 0 Å². The number of pyridine rings is 1. The molecule has 0 fully saturated rings. The van der Waals surface area contributed by atoms with Crippen molar-refractivity contribution in [2.75, 3.05) is 0 Å². The van der Waals surface area contributed by atoms with E-state index in [9.17, 15) is 9.59 Å². The Labute approximate surface area is 140 Å². The Bertz CT molecular complexity index is 914. The first-order valence-electron chi connectivity index (χ1n) is 7.76. The van der Waals surface area contributed by atoms with Crippen molar-refractivity contribution in [3.05, 3.63) is 100.0 Å². The van der Waals surface area contributed by atoms with Gasteiger partial charge in [0, 0.05) is 18.4 Å². The van der Waals surface area contributed by atoms with Gasteiger partial charge in [0.15, 0.2) is 0 Å². The second-order valence-electron chi connectivity index (χ2n) is 5.60. The maximum Gasteiger partial charge on any atom is 0.267 e. The minimum Gasteiger partial charge on any atom is -0.348 e. The molecule has 0 unspecified atom stereocenters. The predicted molar refractivity (Wildman–Crippen MR) is 94.4 cm³/mol. The first-order valence-corrected chi connectivity index (χ1v) is 7.76. The molecule has 0 spiro atoms. The Hall–Kier alpha value is -3.14. The first-order chi connectivity index (χ1) is 11.6. The number of aryl methyl sites for hydroxylation is 1. The van der Waals surface area contributed by atoms with Gasteiger partial charge in [0.1, 0.15) is 5.56 Å². The van der Waals surface area contributed by atoms with Crippen LogP contribution in [0.5, 0.6) is 0 Å². The highest BCUT2D eigenvalue weighted by Gasteiger charge is 2.12. The van der Waals surface area contributed by atoms with E-state index in [4.69, 9.17) is 0 Å². The zero-order valence-corrected chi connectivity index (χ0v) is 13.4. The summed E-state index contributed by atoms with van der Waals surface area (Å²) >= 11 is 0. The lowest BCUT2D eigenvalue weighted by Crippen LogP contribution is -2.31. The third-order valence-electron chi connectivity index (χ3n) is 3.77. The van der Waals surface area contributed by atoms with E-state index in [1.165, 1.54) is 4.57 Å². The lowest BCUT2D eigenvalue weighted by Gasteiger charge is -2.09. The highest BCUT2D eigenvalue weighted by Crippen LogP contribution is 2.08. The second kappa shape index (κ2) is 6.96. The molecular weight excluding hydrogens is 300 g/mol. The molecule has 0 aliphatic rings. The van der Waals surface area contributed by atoms with Crippen molar-refractivity contribution in [2.24, 2.45) is 0 Å². The Morgan fingerprint density at radius 1 is 1.00 bits per heavy atom. The lowest BCUT2D eigenvalue weighted by atomic mass is 10.2. The monoisotopic (exact) mass is 318 g/mol. The van der Waals surface area contributed by atoms with Gasteiger partial charge in [0.2, 0.25) is 0 Å². The van der Waals surface area contributed by atoms with Crippen LogP contribution in [0.15, 0.2) is 77.7 Å². The van der Waals surface area contributed by atoms with E-state index in [1.54, 1.807) is 18.3 Å². The number of rotatable bonds is 4. The summed E-state index contributed by atoms with van der Waals surface area (Å²) < 4.78 is 1.49. The third kappa shape index (κ3) is 3.43. The fourth-order valence-corrected chi connectivity index (χ4v) is 2.52. The van der Waals surface area contributed by atoms with Crippen LogP contribution in [0.4, 0.5) is 0 Å². The Morgan fingerprint density at radius 3 is 2.54 bits per heavy atom. The smallest absolute Gasteiger partial charge is 0.267 e. The fraction of sp³-hybridized carbons (Fsp3) is 0.100. The molecule has 120 valence electrons.